The number of nitrogens with one attached hydrogen (secondary N) is 1. The van der Waals surface area contributed by atoms with Crippen molar-refractivity contribution >= 4 is 28.9 Å². The van der Waals surface area contributed by atoms with Crippen LogP contribution in [0.1, 0.15) is 26.7 Å². The van der Waals surface area contributed by atoms with E-state index in [2.05, 4.69) is 10.3 Å². The van der Waals surface area contributed by atoms with Crippen molar-refractivity contribution in [2.24, 2.45) is 0 Å². The SMILES string of the molecule is Cc1cccc(NC(=O)Cc2nc(C)c(CC(=O)O)s2)c1C. The van der Waals surface area contributed by atoms with E-state index in [0.29, 0.717) is 15.6 Å². The van der Waals surface area contributed by atoms with E-state index in [1.54, 1.807) is 6.92 Å². The van der Waals surface area contributed by atoms with Crippen LogP contribution < -0.4 is 5.32 Å². The number of aliphatic carboxylic acids is 1. The topological polar surface area (TPSA) is 79.3 Å². The van der Waals surface area contributed by atoms with E-state index >= 15 is 0 Å². The Morgan fingerprint density at radius 1 is 1.23 bits per heavy atom. The number of benzene rings is 1. The summed E-state index contributed by atoms with van der Waals surface area (Å²) in [6.45, 7) is 5.72. The minimum Gasteiger partial charge on any atom is -0.481 e. The number of carboxylic acid groups (broad SMARTS) is 1. The summed E-state index contributed by atoms with van der Waals surface area (Å²) in [5.41, 5.74) is 3.63. The van der Waals surface area contributed by atoms with E-state index in [9.17, 15) is 9.59 Å². The Morgan fingerprint density at radius 2 is 1.95 bits per heavy atom. The van der Waals surface area contributed by atoms with Gasteiger partial charge in [-0.1, -0.05) is 12.1 Å². The maximum absolute atomic E-state index is 12.1. The maximum atomic E-state index is 12.1. The van der Waals surface area contributed by atoms with Gasteiger partial charge in [-0.25, -0.2) is 4.98 Å². The fourth-order valence-corrected chi connectivity index (χ4v) is 3.14. The molecule has 22 heavy (non-hydrogen) atoms. The summed E-state index contributed by atoms with van der Waals surface area (Å²) < 4.78 is 0. The Hall–Kier alpha value is -2.21. The van der Waals surface area contributed by atoms with Crippen LogP contribution in [-0.4, -0.2) is 22.0 Å². The largest absolute Gasteiger partial charge is 0.481 e. The highest BCUT2D eigenvalue weighted by Gasteiger charge is 2.14. The van der Waals surface area contributed by atoms with Crippen LogP contribution in [-0.2, 0) is 22.4 Å². The van der Waals surface area contributed by atoms with Gasteiger partial charge in [0.15, 0.2) is 0 Å². The van der Waals surface area contributed by atoms with Crippen LogP contribution in [0, 0.1) is 20.8 Å². The Balaban J connectivity index is 2.06. The number of aryl methyl sites for hydroxylation is 2. The number of aromatic nitrogens is 1. The number of amides is 1. The zero-order chi connectivity index (χ0) is 16.3. The average molecular weight is 318 g/mol. The molecule has 1 aromatic heterocycles. The lowest BCUT2D eigenvalue weighted by Crippen LogP contribution is -2.15. The first-order valence-corrected chi connectivity index (χ1v) is 7.71. The van der Waals surface area contributed by atoms with Crippen LogP contribution in [0.5, 0.6) is 0 Å². The molecule has 0 saturated carbocycles. The Kier molecular flexibility index (Phi) is 4.92. The number of carbonyl (C=O) groups is 2. The summed E-state index contributed by atoms with van der Waals surface area (Å²) in [7, 11) is 0. The van der Waals surface area contributed by atoms with Crippen LogP contribution in [0.25, 0.3) is 0 Å². The summed E-state index contributed by atoms with van der Waals surface area (Å²) in [5.74, 6) is -1.04. The van der Waals surface area contributed by atoms with E-state index in [4.69, 9.17) is 5.11 Å². The van der Waals surface area contributed by atoms with Crippen molar-refractivity contribution < 1.29 is 14.7 Å². The minimum atomic E-state index is -0.891. The fourth-order valence-electron chi connectivity index (χ4n) is 2.08. The number of hydrogen-bond acceptors (Lipinski definition) is 4. The molecule has 2 aromatic rings. The lowest BCUT2D eigenvalue weighted by atomic mass is 10.1. The third-order valence-corrected chi connectivity index (χ3v) is 4.60. The molecule has 0 saturated heterocycles. The van der Waals surface area contributed by atoms with Crippen molar-refractivity contribution in [1.82, 2.24) is 4.98 Å². The molecule has 2 N–H and O–H groups in total. The molecular formula is C16H18N2O3S. The molecule has 0 aliphatic rings. The van der Waals surface area contributed by atoms with Crippen molar-refractivity contribution in [2.45, 2.75) is 33.6 Å². The average Bonchev–Trinajstić information content (AvgIpc) is 2.74. The number of nitrogens with zero attached hydrogens (tertiary/aromatic N) is 1. The van der Waals surface area contributed by atoms with Gasteiger partial charge in [-0.3, -0.25) is 9.59 Å². The standard InChI is InChI=1S/C16H18N2O3S/c1-9-5-4-6-12(10(9)2)18-14(19)8-15-17-11(3)13(22-15)7-16(20)21/h4-6H,7-8H2,1-3H3,(H,18,19)(H,20,21). The molecule has 0 bridgehead atoms. The van der Waals surface area contributed by atoms with Crippen molar-refractivity contribution in [2.75, 3.05) is 5.32 Å². The van der Waals surface area contributed by atoms with Gasteiger partial charge in [-0.2, -0.15) is 0 Å². The molecule has 6 heteroatoms. The Labute approximate surface area is 133 Å². The highest BCUT2D eigenvalue weighted by Crippen LogP contribution is 2.21. The van der Waals surface area contributed by atoms with Crippen LogP contribution in [0.2, 0.25) is 0 Å². The lowest BCUT2D eigenvalue weighted by molar-refractivity contribution is -0.136. The van der Waals surface area contributed by atoms with Gasteiger partial charge in [0, 0.05) is 10.6 Å². The zero-order valence-electron chi connectivity index (χ0n) is 12.8. The second kappa shape index (κ2) is 6.70. The Bertz CT molecular complexity index is 722. The van der Waals surface area contributed by atoms with Crippen molar-refractivity contribution in [1.29, 1.82) is 0 Å². The molecule has 116 valence electrons. The van der Waals surface area contributed by atoms with Gasteiger partial charge >= 0.3 is 5.97 Å². The second-order valence-corrected chi connectivity index (χ2v) is 6.33. The molecule has 1 heterocycles. The summed E-state index contributed by atoms with van der Waals surface area (Å²) in [5, 5.41) is 12.3. The van der Waals surface area contributed by atoms with Gasteiger partial charge in [-0.05, 0) is 38.0 Å². The molecule has 1 aromatic carbocycles. The smallest absolute Gasteiger partial charge is 0.308 e. The molecule has 0 unspecified atom stereocenters. The van der Waals surface area contributed by atoms with E-state index in [-0.39, 0.29) is 18.7 Å². The van der Waals surface area contributed by atoms with E-state index in [0.717, 1.165) is 16.8 Å². The first-order valence-electron chi connectivity index (χ1n) is 6.90. The summed E-state index contributed by atoms with van der Waals surface area (Å²) in [4.78, 5) is 27.9. The molecule has 0 radical (unpaired) electrons. The van der Waals surface area contributed by atoms with Gasteiger partial charge in [0.05, 0.1) is 18.5 Å². The predicted octanol–water partition coefficient (Wildman–Crippen LogP) is 2.88. The molecule has 1 amide bonds. The minimum absolute atomic E-state index is 0.0535. The highest BCUT2D eigenvalue weighted by atomic mass is 32.1. The van der Waals surface area contributed by atoms with Crippen LogP contribution in [0.4, 0.5) is 5.69 Å². The maximum Gasteiger partial charge on any atom is 0.308 e. The zero-order valence-corrected chi connectivity index (χ0v) is 13.6. The van der Waals surface area contributed by atoms with Crippen LogP contribution in [0.3, 0.4) is 0 Å². The molecule has 0 aliphatic carbocycles. The third-order valence-electron chi connectivity index (χ3n) is 3.44. The number of carboxylic acids is 1. The molecule has 0 fully saturated rings. The van der Waals surface area contributed by atoms with Gasteiger partial charge in [0.25, 0.3) is 0 Å². The van der Waals surface area contributed by atoms with Gasteiger partial charge in [-0.15, -0.1) is 11.3 Å². The number of thiazole rings is 1. The monoisotopic (exact) mass is 318 g/mol. The number of hydrogen-bond donors (Lipinski definition) is 2. The first kappa shape index (κ1) is 16.2. The van der Waals surface area contributed by atoms with Crippen LogP contribution >= 0.6 is 11.3 Å². The van der Waals surface area contributed by atoms with E-state index in [1.807, 2.05) is 32.0 Å². The molecule has 0 spiro atoms. The van der Waals surface area contributed by atoms with E-state index < -0.39 is 5.97 Å². The van der Waals surface area contributed by atoms with Crippen molar-refractivity contribution in [3.05, 3.63) is 44.9 Å². The van der Waals surface area contributed by atoms with Crippen LogP contribution in [0.15, 0.2) is 18.2 Å². The van der Waals surface area contributed by atoms with E-state index in [1.165, 1.54) is 11.3 Å². The third kappa shape index (κ3) is 3.92. The second-order valence-electron chi connectivity index (χ2n) is 5.16. The number of anilines is 1. The van der Waals surface area contributed by atoms with Crippen molar-refractivity contribution in [3.63, 3.8) is 0 Å². The number of carbonyl (C=O) groups excluding carboxylic acids is 1. The first-order chi connectivity index (χ1) is 10.4. The Morgan fingerprint density at radius 3 is 2.64 bits per heavy atom. The number of rotatable bonds is 5. The normalized spacial score (nSPS) is 10.5. The molecule has 0 atom stereocenters. The lowest BCUT2D eigenvalue weighted by Gasteiger charge is -2.09. The fraction of sp³-hybridized carbons (Fsp3) is 0.312. The molecular weight excluding hydrogens is 300 g/mol. The van der Waals surface area contributed by atoms with Crippen molar-refractivity contribution in [3.8, 4) is 0 Å². The summed E-state index contributed by atoms with van der Waals surface area (Å²) >= 11 is 1.28. The summed E-state index contributed by atoms with van der Waals surface area (Å²) in [6.07, 6.45) is 0.0978. The van der Waals surface area contributed by atoms with Gasteiger partial charge in [0.2, 0.25) is 5.91 Å². The quantitative estimate of drug-likeness (QED) is 0.888. The predicted molar refractivity (Wildman–Crippen MR) is 86.4 cm³/mol. The molecule has 0 aliphatic heterocycles. The highest BCUT2D eigenvalue weighted by molar-refractivity contribution is 7.12. The van der Waals surface area contributed by atoms with Gasteiger partial charge in [0.1, 0.15) is 5.01 Å². The van der Waals surface area contributed by atoms with Gasteiger partial charge < -0.3 is 10.4 Å². The molecule has 5 nitrogen and oxygen atoms in total. The molecule has 2 rings (SSSR count). The summed E-state index contributed by atoms with van der Waals surface area (Å²) in [6, 6.07) is 5.76.